The maximum atomic E-state index is 12.0. The number of carbonyl (C=O) groups is 2. The van der Waals surface area contributed by atoms with Crippen molar-refractivity contribution >= 4 is 12.1 Å². The van der Waals surface area contributed by atoms with E-state index >= 15 is 0 Å². The lowest BCUT2D eigenvalue weighted by Crippen LogP contribution is -2.37. The summed E-state index contributed by atoms with van der Waals surface area (Å²) in [4.78, 5) is 23.7. The second-order valence-corrected chi connectivity index (χ2v) is 10.6. The van der Waals surface area contributed by atoms with Crippen molar-refractivity contribution in [1.82, 2.24) is 0 Å². The van der Waals surface area contributed by atoms with Gasteiger partial charge >= 0.3 is 0 Å². The van der Waals surface area contributed by atoms with Gasteiger partial charge in [-0.3, -0.25) is 4.79 Å². The van der Waals surface area contributed by atoms with Crippen LogP contribution in [0.25, 0.3) is 0 Å². The van der Waals surface area contributed by atoms with Crippen LogP contribution in [0.3, 0.4) is 0 Å². The first-order chi connectivity index (χ1) is 17.0. The molecule has 0 amide bonds. The Morgan fingerprint density at radius 2 is 1.23 bits per heavy atom. The van der Waals surface area contributed by atoms with Gasteiger partial charge in [0.1, 0.15) is 17.7 Å². The van der Waals surface area contributed by atoms with Gasteiger partial charge in [-0.25, -0.2) is 0 Å². The third-order valence-electron chi connectivity index (χ3n) is 7.18. The summed E-state index contributed by atoms with van der Waals surface area (Å²) in [5.41, 5.74) is -1.18. The van der Waals surface area contributed by atoms with Crippen LogP contribution < -0.4 is 0 Å². The van der Waals surface area contributed by atoms with Crippen molar-refractivity contribution in [3.8, 4) is 11.8 Å². The molecule has 3 heteroatoms. The van der Waals surface area contributed by atoms with Gasteiger partial charge in [0.15, 0.2) is 0 Å². The normalized spacial score (nSPS) is 13.6. The van der Waals surface area contributed by atoms with Gasteiger partial charge < -0.3 is 9.90 Å². The van der Waals surface area contributed by atoms with Gasteiger partial charge in [-0.1, -0.05) is 117 Å². The standard InChI is InChI=1S/C32H58O3/c1-4-7-10-12-16-20-24-30(29-33)32(35,27-22-18-13-11-8-5-2)28-23-19-15-14-17-21-26-31(34)25-9-6-3/h29-30,35H,4-21,23-26,28H2,1-3H3. The molecule has 0 spiro atoms. The fraction of sp³-hybridized carbons (Fsp3) is 0.875. The smallest absolute Gasteiger partial charge is 0.134 e. The van der Waals surface area contributed by atoms with E-state index in [2.05, 4.69) is 32.6 Å². The van der Waals surface area contributed by atoms with Crippen molar-refractivity contribution in [3.05, 3.63) is 0 Å². The molecular formula is C32H58O3. The molecule has 204 valence electrons. The summed E-state index contributed by atoms with van der Waals surface area (Å²) >= 11 is 0. The van der Waals surface area contributed by atoms with Crippen LogP contribution in [0, 0.1) is 17.8 Å². The summed E-state index contributed by atoms with van der Waals surface area (Å²) in [5.74, 6) is 6.41. The average molecular weight is 491 g/mol. The molecule has 0 saturated heterocycles. The highest BCUT2D eigenvalue weighted by atomic mass is 16.3. The lowest BCUT2D eigenvalue weighted by atomic mass is 9.80. The second kappa shape index (κ2) is 24.5. The predicted octanol–water partition coefficient (Wildman–Crippen LogP) is 9.14. The summed E-state index contributed by atoms with van der Waals surface area (Å²) in [6, 6.07) is 0. The van der Waals surface area contributed by atoms with Crippen LogP contribution in [-0.4, -0.2) is 22.8 Å². The van der Waals surface area contributed by atoms with Crippen molar-refractivity contribution in [2.24, 2.45) is 5.92 Å². The molecule has 3 nitrogen and oxygen atoms in total. The molecule has 0 aliphatic heterocycles. The van der Waals surface area contributed by atoms with E-state index in [4.69, 9.17) is 0 Å². The number of carbonyl (C=O) groups excluding carboxylic acids is 2. The van der Waals surface area contributed by atoms with Gasteiger partial charge in [0, 0.05) is 19.3 Å². The predicted molar refractivity (Wildman–Crippen MR) is 150 cm³/mol. The number of rotatable bonds is 25. The minimum atomic E-state index is -1.18. The Kier molecular flexibility index (Phi) is 23.8. The molecule has 0 saturated carbocycles. The Morgan fingerprint density at radius 1 is 0.714 bits per heavy atom. The lowest BCUT2D eigenvalue weighted by Gasteiger charge is -2.28. The molecule has 0 rings (SSSR count). The number of hydrogen-bond donors (Lipinski definition) is 1. The Balaban J connectivity index is 4.52. The molecule has 2 unspecified atom stereocenters. The van der Waals surface area contributed by atoms with Crippen LogP contribution in [0.15, 0.2) is 0 Å². The average Bonchev–Trinajstić information content (AvgIpc) is 2.86. The van der Waals surface area contributed by atoms with Crippen LogP contribution in [0.4, 0.5) is 0 Å². The van der Waals surface area contributed by atoms with Gasteiger partial charge in [-0.05, 0) is 38.5 Å². The minimum absolute atomic E-state index is 0.383. The summed E-state index contributed by atoms with van der Waals surface area (Å²) in [6.07, 6.45) is 24.8. The topological polar surface area (TPSA) is 54.4 Å². The zero-order chi connectivity index (χ0) is 26.0. The Bertz CT molecular complexity index is 559. The molecule has 0 heterocycles. The summed E-state index contributed by atoms with van der Waals surface area (Å²) in [7, 11) is 0. The third kappa shape index (κ3) is 19.7. The fourth-order valence-electron chi connectivity index (χ4n) is 4.68. The molecule has 0 aliphatic rings. The minimum Gasteiger partial charge on any atom is -0.377 e. The van der Waals surface area contributed by atoms with Gasteiger partial charge in [0.2, 0.25) is 0 Å². The van der Waals surface area contributed by atoms with E-state index in [0.29, 0.717) is 12.2 Å². The van der Waals surface area contributed by atoms with E-state index in [9.17, 15) is 14.7 Å². The number of Topliss-reactive ketones (excluding diaryl/α,β-unsaturated/α-hetero) is 1. The maximum absolute atomic E-state index is 12.0. The fourth-order valence-corrected chi connectivity index (χ4v) is 4.68. The van der Waals surface area contributed by atoms with E-state index in [0.717, 1.165) is 103 Å². The number of hydrogen-bond acceptors (Lipinski definition) is 3. The van der Waals surface area contributed by atoms with E-state index in [1.807, 2.05) is 0 Å². The zero-order valence-electron chi connectivity index (χ0n) is 23.7. The summed E-state index contributed by atoms with van der Waals surface area (Å²) in [5, 5.41) is 11.4. The number of unbranched alkanes of at least 4 members (excludes halogenated alkanes) is 15. The Labute approximate surface area is 218 Å². The highest BCUT2D eigenvalue weighted by molar-refractivity contribution is 5.78. The van der Waals surface area contributed by atoms with E-state index < -0.39 is 5.60 Å². The lowest BCUT2D eigenvalue weighted by molar-refractivity contribution is -0.119. The highest BCUT2D eigenvalue weighted by Crippen LogP contribution is 2.28. The highest BCUT2D eigenvalue weighted by Gasteiger charge is 2.34. The number of ketones is 1. The van der Waals surface area contributed by atoms with Crippen LogP contribution in [0.2, 0.25) is 0 Å². The monoisotopic (exact) mass is 490 g/mol. The van der Waals surface area contributed by atoms with Crippen molar-refractivity contribution in [2.45, 2.75) is 174 Å². The first kappa shape index (κ1) is 33.9. The number of aliphatic hydroxyl groups is 1. The Morgan fingerprint density at radius 3 is 1.86 bits per heavy atom. The summed E-state index contributed by atoms with van der Waals surface area (Å²) < 4.78 is 0. The van der Waals surface area contributed by atoms with Gasteiger partial charge in [0.25, 0.3) is 0 Å². The van der Waals surface area contributed by atoms with Crippen LogP contribution in [0.1, 0.15) is 168 Å². The summed E-state index contributed by atoms with van der Waals surface area (Å²) in [6.45, 7) is 6.55. The quantitative estimate of drug-likeness (QED) is 0.0788. The largest absolute Gasteiger partial charge is 0.377 e. The molecule has 0 radical (unpaired) electrons. The van der Waals surface area contributed by atoms with Crippen molar-refractivity contribution < 1.29 is 14.7 Å². The van der Waals surface area contributed by atoms with Crippen molar-refractivity contribution in [2.75, 3.05) is 0 Å². The van der Waals surface area contributed by atoms with Crippen LogP contribution in [-0.2, 0) is 9.59 Å². The Hall–Kier alpha value is -1.14. The van der Waals surface area contributed by atoms with Crippen LogP contribution in [0.5, 0.6) is 0 Å². The van der Waals surface area contributed by atoms with Crippen molar-refractivity contribution in [1.29, 1.82) is 0 Å². The molecule has 0 fully saturated rings. The molecule has 2 atom stereocenters. The van der Waals surface area contributed by atoms with Crippen molar-refractivity contribution in [3.63, 3.8) is 0 Å². The molecule has 0 aromatic heterocycles. The SMILES string of the molecule is CCCCCCC#CC(O)(CCCCCCCCC(=O)CCCC)C(C=O)CCCCCCCC. The molecule has 0 bridgehead atoms. The maximum Gasteiger partial charge on any atom is 0.134 e. The molecule has 0 aromatic carbocycles. The second-order valence-electron chi connectivity index (χ2n) is 10.6. The first-order valence-corrected chi connectivity index (χ1v) is 15.2. The zero-order valence-corrected chi connectivity index (χ0v) is 23.7. The first-order valence-electron chi connectivity index (χ1n) is 15.2. The van der Waals surface area contributed by atoms with Gasteiger partial charge in [0.05, 0.1) is 5.92 Å². The van der Waals surface area contributed by atoms with E-state index in [1.165, 1.54) is 44.9 Å². The van der Waals surface area contributed by atoms with E-state index in [1.54, 1.807) is 0 Å². The molecule has 35 heavy (non-hydrogen) atoms. The third-order valence-corrected chi connectivity index (χ3v) is 7.18. The van der Waals surface area contributed by atoms with Gasteiger partial charge in [-0.2, -0.15) is 0 Å². The number of aldehydes is 1. The molecule has 1 N–H and O–H groups in total. The molecule has 0 aliphatic carbocycles. The van der Waals surface area contributed by atoms with Gasteiger partial charge in [-0.15, -0.1) is 5.92 Å². The molecule has 0 aromatic rings. The van der Waals surface area contributed by atoms with E-state index in [-0.39, 0.29) is 5.92 Å². The van der Waals surface area contributed by atoms with Crippen LogP contribution >= 0.6 is 0 Å². The molecular weight excluding hydrogens is 432 g/mol.